The number of hydrogen-bond donors (Lipinski definition) is 1. The van der Waals surface area contributed by atoms with E-state index >= 15 is 0 Å². The van der Waals surface area contributed by atoms with Gasteiger partial charge in [0, 0.05) is 6.61 Å². The van der Waals surface area contributed by atoms with Crippen molar-refractivity contribution in [1.82, 2.24) is 0 Å². The summed E-state index contributed by atoms with van der Waals surface area (Å²) in [6.07, 6.45) is 6.08. The molecule has 0 aliphatic heterocycles. The minimum atomic E-state index is 0.365. The summed E-state index contributed by atoms with van der Waals surface area (Å²) in [5.41, 5.74) is 2.74. The fraction of sp³-hybridized carbons (Fsp3) is 0.600. The molecule has 1 N–H and O–H groups in total. The van der Waals surface area contributed by atoms with Gasteiger partial charge in [-0.2, -0.15) is 0 Å². The Bertz CT molecular complexity index is 228. The first-order valence-corrected chi connectivity index (χ1v) is 6.35. The molecule has 92 valence electrons. The summed E-state index contributed by atoms with van der Waals surface area (Å²) < 4.78 is 0. The van der Waals surface area contributed by atoms with E-state index in [9.17, 15) is 0 Å². The average Bonchev–Trinajstić information content (AvgIpc) is 2.30. The summed E-state index contributed by atoms with van der Waals surface area (Å²) in [4.78, 5) is 0. The molecule has 0 fully saturated rings. The average molecular weight is 222 g/mol. The van der Waals surface area contributed by atoms with Gasteiger partial charge in [0.2, 0.25) is 0 Å². The maximum Gasteiger partial charge on any atom is 0.0431 e. The van der Waals surface area contributed by atoms with Gasteiger partial charge in [-0.05, 0) is 31.4 Å². The third kappa shape index (κ3) is 8.49. The van der Waals surface area contributed by atoms with Gasteiger partial charge in [0.15, 0.2) is 0 Å². The lowest BCUT2D eigenvalue weighted by atomic mass is 10.1. The Hall–Kier alpha value is -0.820. The molecule has 1 aromatic rings. The summed E-state index contributed by atoms with van der Waals surface area (Å²) >= 11 is 0. The number of unbranched alkanes of at least 4 members (excludes halogenated alkanes) is 4. The van der Waals surface area contributed by atoms with Crippen LogP contribution in [-0.2, 0) is 0 Å². The highest BCUT2D eigenvalue weighted by Gasteiger charge is 1.84. The van der Waals surface area contributed by atoms with Crippen LogP contribution < -0.4 is 0 Å². The van der Waals surface area contributed by atoms with Crippen molar-refractivity contribution < 1.29 is 5.11 Å². The Morgan fingerprint density at radius 3 is 1.75 bits per heavy atom. The van der Waals surface area contributed by atoms with Crippen molar-refractivity contribution in [3.05, 3.63) is 35.4 Å². The van der Waals surface area contributed by atoms with E-state index < -0.39 is 0 Å². The highest BCUT2D eigenvalue weighted by atomic mass is 16.2. The van der Waals surface area contributed by atoms with E-state index in [1.807, 2.05) is 0 Å². The van der Waals surface area contributed by atoms with Crippen LogP contribution in [0.4, 0.5) is 0 Å². The molecule has 0 aliphatic carbocycles. The lowest BCUT2D eigenvalue weighted by Gasteiger charge is -1.93. The first-order chi connectivity index (χ1) is 7.72. The van der Waals surface area contributed by atoms with E-state index in [4.69, 9.17) is 5.11 Å². The van der Waals surface area contributed by atoms with Crippen molar-refractivity contribution in [2.75, 3.05) is 6.61 Å². The maximum atomic E-state index is 8.37. The largest absolute Gasteiger partial charge is 0.396 e. The molecular formula is C15H26O. The number of aryl methyl sites for hydroxylation is 2. The SMILES string of the molecule is CCCCCCCO.Cc1ccccc1C. The summed E-state index contributed by atoms with van der Waals surface area (Å²) in [7, 11) is 0. The van der Waals surface area contributed by atoms with E-state index in [1.165, 1.54) is 36.8 Å². The third-order valence-corrected chi connectivity index (χ3v) is 2.69. The van der Waals surface area contributed by atoms with Crippen LogP contribution in [-0.4, -0.2) is 11.7 Å². The maximum absolute atomic E-state index is 8.37. The summed E-state index contributed by atoms with van der Waals surface area (Å²) in [6.45, 7) is 6.80. The van der Waals surface area contributed by atoms with Crippen molar-refractivity contribution >= 4 is 0 Å². The highest BCUT2D eigenvalue weighted by molar-refractivity contribution is 5.23. The van der Waals surface area contributed by atoms with Gasteiger partial charge in [0.25, 0.3) is 0 Å². The van der Waals surface area contributed by atoms with Gasteiger partial charge in [-0.25, -0.2) is 0 Å². The number of hydrogen-bond acceptors (Lipinski definition) is 1. The van der Waals surface area contributed by atoms with Crippen molar-refractivity contribution in [3.8, 4) is 0 Å². The fourth-order valence-electron chi connectivity index (χ4n) is 1.38. The van der Waals surface area contributed by atoms with Crippen LogP contribution in [0.1, 0.15) is 50.2 Å². The van der Waals surface area contributed by atoms with Gasteiger partial charge in [-0.15, -0.1) is 0 Å². The molecule has 0 spiro atoms. The molecular weight excluding hydrogens is 196 g/mol. The van der Waals surface area contributed by atoms with E-state index in [-0.39, 0.29) is 0 Å². The summed E-state index contributed by atoms with van der Waals surface area (Å²) in [5, 5.41) is 8.37. The molecule has 0 aromatic heterocycles. The molecule has 0 heterocycles. The van der Waals surface area contributed by atoms with Crippen LogP contribution in [0.3, 0.4) is 0 Å². The van der Waals surface area contributed by atoms with Gasteiger partial charge >= 0.3 is 0 Å². The molecule has 0 saturated carbocycles. The van der Waals surface area contributed by atoms with Gasteiger partial charge in [-0.3, -0.25) is 0 Å². The predicted molar refractivity (Wildman–Crippen MR) is 71.8 cm³/mol. The first kappa shape index (κ1) is 15.2. The van der Waals surface area contributed by atoms with E-state index in [0.29, 0.717) is 6.61 Å². The quantitative estimate of drug-likeness (QED) is 0.738. The van der Waals surface area contributed by atoms with E-state index in [0.717, 1.165) is 6.42 Å². The summed E-state index contributed by atoms with van der Waals surface area (Å²) in [5.74, 6) is 0. The Kier molecular flexibility index (Phi) is 10.1. The van der Waals surface area contributed by atoms with Crippen molar-refractivity contribution in [2.45, 2.75) is 52.9 Å². The molecule has 0 amide bonds. The first-order valence-electron chi connectivity index (χ1n) is 6.35. The van der Waals surface area contributed by atoms with Crippen molar-refractivity contribution in [3.63, 3.8) is 0 Å². The molecule has 1 nitrogen and oxygen atoms in total. The smallest absolute Gasteiger partial charge is 0.0431 e. The zero-order valence-corrected chi connectivity index (χ0v) is 11.0. The molecule has 0 radical (unpaired) electrons. The van der Waals surface area contributed by atoms with Gasteiger partial charge in [0.05, 0.1) is 0 Å². The predicted octanol–water partition coefficient (Wildman–Crippen LogP) is 4.25. The number of rotatable bonds is 5. The van der Waals surface area contributed by atoms with E-state index in [1.54, 1.807) is 0 Å². The van der Waals surface area contributed by atoms with Gasteiger partial charge in [-0.1, -0.05) is 56.9 Å². The Morgan fingerprint density at radius 2 is 1.38 bits per heavy atom. The zero-order chi connectivity index (χ0) is 12.2. The normalized spacial score (nSPS) is 9.50. The summed E-state index contributed by atoms with van der Waals surface area (Å²) in [6, 6.07) is 8.36. The van der Waals surface area contributed by atoms with Crippen LogP contribution in [0.2, 0.25) is 0 Å². The Balaban J connectivity index is 0.000000281. The molecule has 0 aliphatic rings. The molecule has 0 saturated heterocycles. The number of aliphatic hydroxyl groups excluding tert-OH is 1. The Morgan fingerprint density at radius 1 is 0.875 bits per heavy atom. The van der Waals surface area contributed by atoms with Crippen LogP contribution in [0.5, 0.6) is 0 Å². The monoisotopic (exact) mass is 222 g/mol. The van der Waals surface area contributed by atoms with Crippen LogP contribution in [0, 0.1) is 13.8 Å². The molecule has 0 unspecified atom stereocenters. The highest BCUT2D eigenvalue weighted by Crippen LogP contribution is 2.02. The lowest BCUT2D eigenvalue weighted by Crippen LogP contribution is -1.81. The van der Waals surface area contributed by atoms with Crippen molar-refractivity contribution in [1.29, 1.82) is 0 Å². The zero-order valence-electron chi connectivity index (χ0n) is 11.0. The minimum absolute atomic E-state index is 0.365. The number of benzene rings is 1. The van der Waals surface area contributed by atoms with Crippen LogP contribution in [0.15, 0.2) is 24.3 Å². The van der Waals surface area contributed by atoms with Crippen molar-refractivity contribution in [2.24, 2.45) is 0 Å². The van der Waals surface area contributed by atoms with Crippen LogP contribution in [0.25, 0.3) is 0 Å². The molecule has 1 heteroatoms. The topological polar surface area (TPSA) is 20.2 Å². The lowest BCUT2D eigenvalue weighted by molar-refractivity contribution is 0.282. The van der Waals surface area contributed by atoms with Gasteiger partial charge < -0.3 is 5.11 Å². The second-order valence-corrected chi connectivity index (χ2v) is 4.22. The molecule has 0 atom stereocenters. The van der Waals surface area contributed by atoms with E-state index in [2.05, 4.69) is 45.0 Å². The molecule has 1 aromatic carbocycles. The van der Waals surface area contributed by atoms with Crippen LogP contribution >= 0.6 is 0 Å². The number of aliphatic hydroxyl groups is 1. The fourth-order valence-corrected chi connectivity index (χ4v) is 1.38. The standard InChI is InChI=1S/C8H10.C7H16O/c1-7-5-3-4-6-8(7)2;1-2-3-4-5-6-7-8/h3-6H,1-2H3;8H,2-7H2,1H3. The van der Waals surface area contributed by atoms with Gasteiger partial charge in [0.1, 0.15) is 0 Å². The molecule has 1 rings (SSSR count). The molecule has 16 heavy (non-hydrogen) atoms. The minimum Gasteiger partial charge on any atom is -0.396 e. The third-order valence-electron chi connectivity index (χ3n) is 2.69. The Labute approximate surface area is 101 Å². The second-order valence-electron chi connectivity index (χ2n) is 4.22. The second kappa shape index (κ2) is 10.7. The molecule has 0 bridgehead atoms.